The number of carbonyl (C=O) groups excluding carboxylic acids is 1. The number of methoxy groups -OCH3 is 1. The lowest BCUT2D eigenvalue weighted by atomic mass is 9.97. The Labute approximate surface area is 220 Å². The average molecular weight is 528 g/mol. The van der Waals surface area contributed by atoms with Crippen molar-refractivity contribution in [1.82, 2.24) is 19.8 Å². The number of nitrogens with zero attached hydrogens (tertiary/aromatic N) is 3. The van der Waals surface area contributed by atoms with Crippen molar-refractivity contribution in [2.75, 3.05) is 32.1 Å². The number of para-hydroxylation sites is 1. The summed E-state index contributed by atoms with van der Waals surface area (Å²) in [5, 5.41) is 3.01. The molecule has 0 aliphatic carbocycles. The molecule has 2 aliphatic heterocycles. The monoisotopic (exact) mass is 527 g/mol. The van der Waals surface area contributed by atoms with Crippen molar-refractivity contribution in [3.63, 3.8) is 0 Å². The molecule has 2 aromatic carbocycles. The number of likely N-dealkylation sites (tertiary alicyclic amines) is 1. The molecule has 10 heteroatoms. The fourth-order valence-electron chi connectivity index (χ4n) is 5.50. The van der Waals surface area contributed by atoms with Crippen LogP contribution in [0.25, 0.3) is 11.4 Å². The van der Waals surface area contributed by atoms with E-state index in [9.17, 15) is 18.0 Å². The predicted molar refractivity (Wildman–Crippen MR) is 139 cm³/mol. The highest BCUT2D eigenvalue weighted by Gasteiger charge is 2.35. The standard InChI is InChI=1S/C28H32F3N5O2/c1-18-25(34-26(32-18)19-7-9-21(10-8-19)28(29,30)31)24(13-16-38-2)35-14-11-22(12-15-35)36-17-20-5-3-4-6-23(20)33-27(36)37/h3-10,22,24H,11-17H2,1-2H3,(H,32,34)(H,33,37). The van der Waals surface area contributed by atoms with Crippen LogP contribution in [0.2, 0.25) is 0 Å². The third kappa shape index (κ3) is 5.42. The van der Waals surface area contributed by atoms with Crippen LogP contribution in [0.15, 0.2) is 48.5 Å². The number of hydrogen-bond acceptors (Lipinski definition) is 4. The van der Waals surface area contributed by atoms with Crippen LogP contribution in [-0.2, 0) is 17.5 Å². The van der Waals surface area contributed by atoms with Gasteiger partial charge >= 0.3 is 12.2 Å². The summed E-state index contributed by atoms with van der Waals surface area (Å²) in [5.41, 5.74) is 3.68. The van der Waals surface area contributed by atoms with Gasteiger partial charge in [-0.1, -0.05) is 30.3 Å². The number of aromatic nitrogens is 2. The smallest absolute Gasteiger partial charge is 0.385 e. The molecule has 0 saturated carbocycles. The van der Waals surface area contributed by atoms with E-state index >= 15 is 0 Å². The van der Waals surface area contributed by atoms with E-state index in [4.69, 9.17) is 9.72 Å². The molecule has 7 nitrogen and oxygen atoms in total. The maximum Gasteiger partial charge on any atom is 0.416 e. The van der Waals surface area contributed by atoms with E-state index in [-0.39, 0.29) is 18.1 Å². The van der Waals surface area contributed by atoms with Crippen molar-refractivity contribution in [1.29, 1.82) is 0 Å². The molecule has 0 spiro atoms. The number of alkyl halides is 3. The summed E-state index contributed by atoms with van der Waals surface area (Å²) < 4.78 is 44.4. The number of nitrogens with one attached hydrogen (secondary N) is 2. The quantitative estimate of drug-likeness (QED) is 0.396. The van der Waals surface area contributed by atoms with Gasteiger partial charge in [0.05, 0.1) is 17.3 Å². The molecule has 5 rings (SSSR count). The molecule has 3 aromatic rings. The fourth-order valence-corrected chi connectivity index (χ4v) is 5.50. The fraction of sp³-hybridized carbons (Fsp3) is 0.429. The molecule has 2 amide bonds. The predicted octanol–water partition coefficient (Wildman–Crippen LogP) is 5.99. The van der Waals surface area contributed by atoms with Crippen molar-refractivity contribution < 1.29 is 22.7 Å². The number of aromatic amines is 1. The Morgan fingerprint density at radius 2 is 1.82 bits per heavy atom. The lowest BCUT2D eigenvalue weighted by molar-refractivity contribution is -0.137. The second-order valence-corrected chi connectivity index (χ2v) is 9.95. The minimum atomic E-state index is -4.38. The Hall–Kier alpha value is -3.37. The topological polar surface area (TPSA) is 73.5 Å². The van der Waals surface area contributed by atoms with Gasteiger partial charge in [-0.3, -0.25) is 4.90 Å². The first-order valence-corrected chi connectivity index (χ1v) is 12.9. The lowest BCUT2D eigenvalue weighted by Gasteiger charge is -2.42. The van der Waals surface area contributed by atoms with E-state index in [1.165, 1.54) is 12.1 Å². The van der Waals surface area contributed by atoms with Gasteiger partial charge in [-0.05, 0) is 49.9 Å². The first-order valence-electron chi connectivity index (χ1n) is 12.9. The van der Waals surface area contributed by atoms with E-state index in [2.05, 4.69) is 15.2 Å². The molecule has 38 heavy (non-hydrogen) atoms. The summed E-state index contributed by atoms with van der Waals surface area (Å²) >= 11 is 0. The molecule has 1 atom stereocenters. The van der Waals surface area contributed by atoms with E-state index < -0.39 is 11.7 Å². The molecule has 1 aromatic heterocycles. The van der Waals surface area contributed by atoms with E-state index in [0.717, 1.165) is 67.1 Å². The highest BCUT2D eigenvalue weighted by atomic mass is 19.4. The van der Waals surface area contributed by atoms with Gasteiger partial charge in [0.15, 0.2) is 0 Å². The van der Waals surface area contributed by atoms with Gasteiger partial charge in [-0.2, -0.15) is 13.2 Å². The number of benzene rings is 2. The molecule has 202 valence electrons. The number of piperidine rings is 1. The van der Waals surface area contributed by atoms with E-state index in [1.54, 1.807) is 7.11 Å². The molecular formula is C28H32F3N5O2. The number of amides is 2. The van der Waals surface area contributed by atoms with Crippen LogP contribution in [0.1, 0.15) is 47.8 Å². The third-order valence-electron chi connectivity index (χ3n) is 7.56. The van der Waals surface area contributed by atoms with Gasteiger partial charge < -0.3 is 19.9 Å². The Morgan fingerprint density at radius 1 is 1.11 bits per heavy atom. The first kappa shape index (κ1) is 26.2. The van der Waals surface area contributed by atoms with Gasteiger partial charge in [0.25, 0.3) is 0 Å². The van der Waals surface area contributed by atoms with Gasteiger partial charge in [-0.25, -0.2) is 9.78 Å². The van der Waals surface area contributed by atoms with Gasteiger partial charge in [0.2, 0.25) is 0 Å². The number of fused-ring (bicyclic) bond motifs is 1. The Kier molecular flexibility index (Phi) is 7.45. The molecule has 1 saturated heterocycles. The zero-order valence-electron chi connectivity index (χ0n) is 21.5. The van der Waals surface area contributed by atoms with Crippen LogP contribution < -0.4 is 5.32 Å². The van der Waals surface area contributed by atoms with Crippen LogP contribution in [0.4, 0.5) is 23.7 Å². The normalized spacial score (nSPS) is 17.8. The van der Waals surface area contributed by atoms with Crippen molar-refractivity contribution in [3.8, 4) is 11.4 Å². The van der Waals surface area contributed by atoms with Crippen LogP contribution in [0.3, 0.4) is 0 Å². The summed E-state index contributed by atoms with van der Waals surface area (Å²) in [6.07, 6.45) is -1.96. The number of H-pyrrole nitrogens is 1. The van der Waals surface area contributed by atoms with Crippen molar-refractivity contribution in [2.24, 2.45) is 0 Å². The van der Waals surface area contributed by atoms with E-state index in [1.807, 2.05) is 36.1 Å². The van der Waals surface area contributed by atoms with Crippen molar-refractivity contribution >= 4 is 11.7 Å². The highest BCUT2D eigenvalue weighted by Crippen LogP contribution is 2.34. The third-order valence-corrected chi connectivity index (χ3v) is 7.56. The maximum atomic E-state index is 13.0. The second-order valence-electron chi connectivity index (χ2n) is 9.95. The molecule has 0 bridgehead atoms. The SMILES string of the molecule is COCCC(c1nc(-c2ccc(C(F)(F)F)cc2)[nH]c1C)N1CCC(N2Cc3ccccc3NC2=O)CC1. The van der Waals surface area contributed by atoms with Gasteiger partial charge in [0, 0.05) is 56.3 Å². The minimum absolute atomic E-state index is 0.00810. The average Bonchev–Trinajstić information content (AvgIpc) is 3.29. The number of hydrogen-bond donors (Lipinski definition) is 2. The first-order chi connectivity index (χ1) is 18.2. The number of carbonyl (C=O) groups is 1. The summed E-state index contributed by atoms with van der Waals surface area (Å²) in [4.78, 5) is 25.2. The number of halogens is 3. The molecule has 3 heterocycles. The van der Waals surface area contributed by atoms with Crippen LogP contribution in [-0.4, -0.2) is 58.6 Å². The number of ether oxygens (including phenoxy) is 1. The van der Waals surface area contributed by atoms with Crippen LogP contribution in [0, 0.1) is 6.92 Å². The largest absolute Gasteiger partial charge is 0.416 e. The van der Waals surface area contributed by atoms with Gasteiger partial charge in [0.1, 0.15) is 5.82 Å². The molecule has 2 aliphatic rings. The summed E-state index contributed by atoms with van der Waals surface area (Å²) in [6, 6.07) is 13.0. The molecule has 1 unspecified atom stereocenters. The van der Waals surface area contributed by atoms with E-state index in [0.29, 0.717) is 24.5 Å². The van der Waals surface area contributed by atoms with Crippen LogP contribution in [0.5, 0.6) is 0 Å². The molecular weight excluding hydrogens is 495 g/mol. The number of rotatable bonds is 7. The zero-order valence-corrected chi connectivity index (χ0v) is 21.5. The second kappa shape index (κ2) is 10.8. The van der Waals surface area contributed by atoms with Crippen LogP contribution >= 0.6 is 0 Å². The highest BCUT2D eigenvalue weighted by molar-refractivity contribution is 5.92. The maximum absolute atomic E-state index is 13.0. The van der Waals surface area contributed by atoms with Gasteiger partial charge in [-0.15, -0.1) is 0 Å². The Morgan fingerprint density at radius 3 is 2.50 bits per heavy atom. The molecule has 1 fully saturated rings. The molecule has 2 N–H and O–H groups in total. The number of anilines is 1. The summed E-state index contributed by atoms with van der Waals surface area (Å²) in [7, 11) is 1.67. The minimum Gasteiger partial charge on any atom is -0.385 e. The van der Waals surface area contributed by atoms with Crippen molar-refractivity contribution in [2.45, 2.75) is 51.0 Å². The zero-order chi connectivity index (χ0) is 26.9. The number of imidazole rings is 1. The number of urea groups is 1. The number of aryl methyl sites for hydroxylation is 1. The Bertz CT molecular complexity index is 1270. The lowest BCUT2D eigenvalue weighted by Crippen LogP contribution is -2.50. The Balaban J connectivity index is 1.30. The van der Waals surface area contributed by atoms with Crippen molar-refractivity contribution in [3.05, 3.63) is 71.0 Å². The summed E-state index contributed by atoms with van der Waals surface area (Å²) in [5.74, 6) is 0.548. The molecule has 0 radical (unpaired) electrons. The summed E-state index contributed by atoms with van der Waals surface area (Å²) in [6.45, 7) is 4.70.